The number of rotatable bonds is 4. The van der Waals surface area contributed by atoms with Crippen LogP contribution in [0.3, 0.4) is 0 Å². The van der Waals surface area contributed by atoms with Gasteiger partial charge in [0.05, 0.1) is 7.11 Å². The highest BCUT2D eigenvalue weighted by molar-refractivity contribution is 6.30. The van der Waals surface area contributed by atoms with Crippen LogP contribution in [0.15, 0.2) is 36.4 Å². The Morgan fingerprint density at radius 3 is 2.55 bits per heavy atom. The van der Waals surface area contributed by atoms with Crippen molar-refractivity contribution in [2.24, 2.45) is 0 Å². The summed E-state index contributed by atoms with van der Waals surface area (Å²) in [6, 6.07) is 7.76. The van der Waals surface area contributed by atoms with Crippen LogP contribution in [-0.4, -0.2) is 18.2 Å². The normalized spacial score (nSPS) is 10.2. The molecule has 0 heterocycles. The fourth-order valence-electron chi connectivity index (χ4n) is 1.60. The molecule has 2 aromatic carbocycles. The fourth-order valence-corrected chi connectivity index (χ4v) is 1.76. The van der Waals surface area contributed by atoms with Crippen LogP contribution in [0.1, 0.15) is 10.4 Å². The highest BCUT2D eigenvalue weighted by Gasteiger charge is 2.15. The zero-order valence-electron chi connectivity index (χ0n) is 10.4. The topological polar surface area (TPSA) is 55.8 Å². The molecule has 0 fully saturated rings. The minimum atomic E-state index is -1.21. The van der Waals surface area contributed by atoms with Crippen LogP contribution in [0.5, 0.6) is 17.2 Å². The lowest BCUT2D eigenvalue weighted by Crippen LogP contribution is -2.01. The molecule has 0 aliphatic heterocycles. The van der Waals surface area contributed by atoms with Crippen molar-refractivity contribution in [3.8, 4) is 17.2 Å². The van der Waals surface area contributed by atoms with E-state index in [4.69, 9.17) is 26.2 Å². The van der Waals surface area contributed by atoms with E-state index in [1.807, 2.05) is 0 Å². The average Bonchev–Trinajstić information content (AvgIpc) is 2.40. The van der Waals surface area contributed by atoms with Crippen LogP contribution in [0.25, 0.3) is 0 Å². The summed E-state index contributed by atoms with van der Waals surface area (Å²) in [4.78, 5) is 11.1. The molecule has 4 nitrogen and oxygen atoms in total. The van der Waals surface area contributed by atoms with Crippen LogP contribution >= 0.6 is 11.6 Å². The molecule has 2 rings (SSSR count). The molecular weight excluding hydrogens is 287 g/mol. The maximum Gasteiger partial charge on any atom is 0.339 e. The largest absolute Gasteiger partial charge is 0.493 e. The van der Waals surface area contributed by atoms with Gasteiger partial charge in [0.25, 0.3) is 0 Å². The number of hydrogen-bond donors (Lipinski definition) is 1. The van der Waals surface area contributed by atoms with Crippen molar-refractivity contribution in [3.63, 3.8) is 0 Å². The van der Waals surface area contributed by atoms with Gasteiger partial charge in [-0.15, -0.1) is 0 Å². The van der Waals surface area contributed by atoms with Crippen molar-refractivity contribution >= 4 is 17.6 Å². The molecule has 2 aromatic rings. The van der Waals surface area contributed by atoms with E-state index in [0.29, 0.717) is 10.8 Å². The summed E-state index contributed by atoms with van der Waals surface area (Å²) in [5.41, 5.74) is -0.150. The number of carbonyl (C=O) groups is 1. The first-order valence-corrected chi connectivity index (χ1v) is 5.93. The second-order valence-corrected chi connectivity index (χ2v) is 4.28. The van der Waals surface area contributed by atoms with Crippen LogP contribution in [0.4, 0.5) is 4.39 Å². The Morgan fingerprint density at radius 2 is 1.90 bits per heavy atom. The molecule has 0 aromatic heterocycles. The van der Waals surface area contributed by atoms with Crippen LogP contribution in [0, 0.1) is 5.82 Å². The SMILES string of the molecule is COc1cc(Cl)ccc1Oc1cc(F)ccc1C(=O)O. The molecule has 0 amide bonds. The zero-order valence-corrected chi connectivity index (χ0v) is 11.1. The van der Waals surface area contributed by atoms with Crippen molar-refractivity contribution in [3.05, 3.63) is 52.8 Å². The lowest BCUT2D eigenvalue weighted by Gasteiger charge is -2.12. The van der Waals surface area contributed by atoms with Gasteiger partial charge >= 0.3 is 5.97 Å². The third-order valence-corrected chi connectivity index (χ3v) is 2.75. The summed E-state index contributed by atoms with van der Waals surface area (Å²) in [6.07, 6.45) is 0. The quantitative estimate of drug-likeness (QED) is 0.927. The second-order valence-electron chi connectivity index (χ2n) is 3.84. The number of carboxylic acids is 1. The van der Waals surface area contributed by atoms with Gasteiger partial charge in [0.15, 0.2) is 11.5 Å². The molecule has 6 heteroatoms. The van der Waals surface area contributed by atoms with E-state index < -0.39 is 11.8 Å². The summed E-state index contributed by atoms with van der Waals surface area (Å²) in [7, 11) is 1.42. The van der Waals surface area contributed by atoms with Crippen molar-refractivity contribution in [1.82, 2.24) is 0 Å². The van der Waals surface area contributed by atoms with Crippen LogP contribution in [0.2, 0.25) is 5.02 Å². The highest BCUT2D eigenvalue weighted by Crippen LogP contribution is 2.35. The molecule has 0 saturated heterocycles. The number of ether oxygens (including phenoxy) is 2. The summed E-state index contributed by atoms with van der Waals surface area (Å²) in [6.45, 7) is 0. The number of aromatic carboxylic acids is 1. The number of carboxylic acid groups (broad SMARTS) is 1. The zero-order chi connectivity index (χ0) is 14.7. The van der Waals surface area contributed by atoms with Gasteiger partial charge in [-0.1, -0.05) is 11.6 Å². The standard InChI is InChI=1S/C14H10ClFO4/c1-19-13-6-8(15)2-5-11(13)20-12-7-9(16)3-4-10(12)14(17)18/h2-7H,1H3,(H,17,18). The lowest BCUT2D eigenvalue weighted by molar-refractivity contribution is 0.0694. The van der Waals surface area contributed by atoms with Crippen molar-refractivity contribution < 1.29 is 23.8 Å². The minimum absolute atomic E-state index is 0.113. The van der Waals surface area contributed by atoms with E-state index in [9.17, 15) is 9.18 Å². The lowest BCUT2D eigenvalue weighted by atomic mass is 10.2. The summed E-state index contributed by atoms with van der Waals surface area (Å²) in [5, 5.41) is 9.49. The Balaban J connectivity index is 2.44. The van der Waals surface area contributed by atoms with E-state index in [0.717, 1.165) is 18.2 Å². The second kappa shape index (κ2) is 5.79. The van der Waals surface area contributed by atoms with Crippen LogP contribution in [-0.2, 0) is 0 Å². The molecule has 0 aliphatic carbocycles. The van der Waals surface area contributed by atoms with Gasteiger partial charge in [-0.05, 0) is 24.3 Å². The number of methoxy groups -OCH3 is 1. The van der Waals surface area contributed by atoms with Gasteiger partial charge in [-0.2, -0.15) is 0 Å². The maximum absolute atomic E-state index is 13.2. The molecule has 0 radical (unpaired) electrons. The predicted octanol–water partition coefficient (Wildman–Crippen LogP) is 3.98. The van der Waals surface area contributed by atoms with Gasteiger partial charge in [0.1, 0.15) is 17.1 Å². The average molecular weight is 297 g/mol. The minimum Gasteiger partial charge on any atom is -0.493 e. The van der Waals surface area contributed by atoms with E-state index in [-0.39, 0.29) is 17.1 Å². The Hall–Kier alpha value is -2.27. The summed E-state index contributed by atoms with van der Waals surface area (Å²) >= 11 is 5.82. The molecule has 104 valence electrons. The third-order valence-electron chi connectivity index (χ3n) is 2.52. The Bertz CT molecular complexity index is 658. The Labute approximate surface area is 119 Å². The van der Waals surface area contributed by atoms with Gasteiger partial charge in [0.2, 0.25) is 0 Å². The molecule has 20 heavy (non-hydrogen) atoms. The molecule has 0 spiro atoms. The molecule has 0 saturated carbocycles. The van der Waals surface area contributed by atoms with Gasteiger partial charge < -0.3 is 14.6 Å². The van der Waals surface area contributed by atoms with Gasteiger partial charge in [-0.25, -0.2) is 9.18 Å². The molecule has 0 aliphatic rings. The number of benzene rings is 2. The number of hydrogen-bond acceptors (Lipinski definition) is 3. The Morgan fingerprint density at radius 1 is 1.15 bits per heavy atom. The molecule has 0 bridgehead atoms. The van der Waals surface area contributed by atoms with E-state index in [1.165, 1.54) is 19.2 Å². The van der Waals surface area contributed by atoms with Crippen molar-refractivity contribution in [1.29, 1.82) is 0 Å². The van der Waals surface area contributed by atoms with Gasteiger partial charge in [-0.3, -0.25) is 0 Å². The molecular formula is C14H10ClFO4. The highest BCUT2D eigenvalue weighted by atomic mass is 35.5. The van der Waals surface area contributed by atoms with Crippen LogP contribution < -0.4 is 9.47 Å². The number of halogens is 2. The predicted molar refractivity (Wildman–Crippen MR) is 71.4 cm³/mol. The summed E-state index contributed by atoms with van der Waals surface area (Å²) < 4.78 is 23.7. The molecule has 0 atom stereocenters. The smallest absolute Gasteiger partial charge is 0.339 e. The first kappa shape index (κ1) is 14.1. The maximum atomic E-state index is 13.2. The molecule has 0 unspecified atom stereocenters. The Kier molecular flexibility index (Phi) is 4.10. The van der Waals surface area contributed by atoms with E-state index in [1.54, 1.807) is 6.07 Å². The van der Waals surface area contributed by atoms with Crippen molar-refractivity contribution in [2.75, 3.05) is 7.11 Å². The first-order chi connectivity index (χ1) is 9.51. The fraction of sp³-hybridized carbons (Fsp3) is 0.0714. The van der Waals surface area contributed by atoms with E-state index in [2.05, 4.69) is 0 Å². The van der Waals surface area contributed by atoms with Crippen molar-refractivity contribution in [2.45, 2.75) is 0 Å². The van der Waals surface area contributed by atoms with Gasteiger partial charge in [0, 0.05) is 17.2 Å². The molecule has 1 N–H and O–H groups in total. The third kappa shape index (κ3) is 3.00. The summed E-state index contributed by atoms with van der Waals surface area (Å²) in [5.74, 6) is -1.37. The van der Waals surface area contributed by atoms with E-state index >= 15 is 0 Å². The first-order valence-electron chi connectivity index (χ1n) is 5.55. The monoisotopic (exact) mass is 296 g/mol.